The van der Waals surface area contributed by atoms with E-state index >= 15 is 0 Å². The summed E-state index contributed by atoms with van der Waals surface area (Å²) in [6.07, 6.45) is 2.19. The lowest BCUT2D eigenvalue weighted by molar-refractivity contribution is -0.145. The minimum Gasteiger partial charge on any atom is -0.480 e. The molecule has 1 rings (SSSR count). The Labute approximate surface area is 115 Å². The smallest absolute Gasteiger partial charge is 0.326 e. The van der Waals surface area contributed by atoms with Crippen LogP contribution >= 0.6 is 0 Å². The zero-order chi connectivity index (χ0) is 15.0. The highest BCUT2D eigenvalue weighted by atomic mass is 16.5. The van der Waals surface area contributed by atoms with E-state index in [0.29, 0.717) is 19.2 Å². The molecule has 0 radical (unpaired) electrons. The molecule has 2 atom stereocenters. The summed E-state index contributed by atoms with van der Waals surface area (Å²) in [5.74, 6) is -2.20. The molecule has 20 heavy (non-hydrogen) atoms. The first-order valence-electron chi connectivity index (χ1n) is 6.39. The number of carboxylic acid groups (broad SMARTS) is 1. The zero-order valence-corrected chi connectivity index (χ0v) is 10.9. The van der Waals surface area contributed by atoms with Gasteiger partial charge in [0.25, 0.3) is 0 Å². The maximum atomic E-state index is 11.8. The van der Waals surface area contributed by atoms with Crippen LogP contribution in [-0.2, 0) is 19.1 Å². The van der Waals surface area contributed by atoms with Gasteiger partial charge in [-0.2, -0.15) is 4.79 Å². The van der Waals surface area contributed by atoms with E-state index in [-0.39, 0.29) is 12.8 Å². The van der Waals surface area contributed by atoms with Gasteiger partial charge in [0.05, 0.1) is 0 Å². The molecule has 0 aromatic rings. The van der Waals surface area contributed by atoms with Gasteiger partial charge >= 0.3 is 12.2 Å². The van der Waals surface area contributed by atoms with E-state index in [1.807, 2.05) is 0 Å². The molecule has 0 aromatic heterocycles. The van der Waals surface area contributed by atoms with E-state index in [0.717, 1.165) is 12.8 Å². The van der Waals surface area contributed by atoms with E-state index in [1.54, 1.807) is 0 Å². The van der Waals surface area contributed by atoms with Gasteiger partial charge in [-0.1, -0.05) is 0 Å². The second kappa shape index (κ2) is 8.19. The number of hydrogen-bond acceptors (Lipinski definition) is 4. The molecular weight excluding hydrogens is 266 g/mol. The number of carboxylic acids is 1. The Morgan fingerprint density at radius 2 is 2.20 bits per heavy atom. The van der Waals surface area contributed by atoms with E-state index in [2.05, 4.69) is 10.1 Å². The predicted octanol–water partition coefficient (Wildman–Crippen LogP) is -0.225. The van der Waals surface area contributed by atoms with Crippen molar-refractivity contribution in [2.45, 2.75) is 44.2 Å². The van der Waals surface area contributed by atoms with Crippen molar-refractivity contribution in [2.24, 2.45) is 0 Å². The molecule has 1 aliphatic heterocycles. The fraction of sp³-hybridized carbons (Fsp3) is 0.667. The van der Waals surface area contributed by atoms with Crippen molar-refractivity contribution < 1.29 is 29.0 Å². The van der Waals surface area contributed by atoms with Crippen molar-refractivity contribution in [1.29, 1.82) is 0 Å². The van der Waals surface area contributed by atoms with Gasteiger partial charge in [0.15, 0.2) is 0 Å². The second-order valence-electron chi connectivity index (χ2n) is 4.50. The van der Waals surface area contributed by atoms with Gasteiger partial charge in [-0.25, -0.2) is 4.79 Å². The van der Waals surface area contributed by atoms with Crippen molar-refractivity contribution in [3.8, 4) is 0 Å². The minimum atomic E-state index is -1.22. The molecular formula is C12H17N3O5. The second-order valence-corrected chi connectivity index (χ2v) is 4.50. The fourth-order valence-corrected chi connectivity index (χ4v) is 1.89. The summed E-state index contributed by atoms with van der Waals surface area (Å²) in [5, 5.41) is 11.4. The van der Waals surface area contributed by atoms with Crippen LogP contribution < -0.4 is 5.32 Å². The molecule has 0 bridgehead atoms. The molecule has 2 N–H and O–H groups in total. The van der Waals surface area contributed by atoms with Crippen molar-refractivity contribution in [3.63, 3.8) is 0 Å². The van der Waals surface area contributed by atoms with Crippen molar-refractivity contribution in [2.75, 3.05) is 6.61 Å². The standard InChI is InChI=1S/C12H17N3O5/c13-14-7-8(16)4-5-9(12(18)19)15-11(17)10-3-1-2-6-20-10/h7,9-10H,1-6H2,(H,15,17)(H,18,19)/t9-,10+/m0/s1. The molecule has 0 aromatic carbocycles. The van der Waals surface area contributed by atoms with Gasteiger partial charge in [-0.3, -0.25) is 9.59 Å². The maximum Gasteiger partial charge on any atom is 0.326 e. The summed E-state index contributed by atoms with van der Waals surface area (Å²) in [4.78, 5) is 36.6. The molecule has 110 valence electrons. The average molecular weight is 283 g/mol. The third-order valence-electron chi connectivity index (χ3n) is 2.97. The summed E-state index contributed by atoms with van der Waals surface area (Å²) >= 11 is 0. The first-order valence-corrected chi connectivity index (χ1v) is 6.39. The van der Waals surface area contributed by atoms with Crippen LogP contribution in [-0.4, -0.2) is 52.5 Å². The highest BCUT2D eigenvalue weighted by Crippen LogP contribution is 2.13. The summed E-state index contributed by atoms with van der Waals surface area (Å²) < 4.78 is 5.26. The molecule has 1 amide bonds. The van der Waals surface area contributed by atoms with Crippen LogP contribution in [0.15, 0.2) is 0 Å². The van der Waals surface area contributed by atoms with E-state index in [9.17, 15) is 14.4 Å². The molecule has 0 unspecified atom stereocenters. The average Bonchev–Trinajstić information content (AvgIpc) is 2.44. The molecule has 8 nitrogen and oxygen atoms in total. The van der Waals surface area contributed by atoms with Crippen LogP contribution in [0.4, 0.5) is 0 Å². The third kappa shape index (κ3) is 5.29. The maximum absolute atomic E-state index is 11.8. The quantitative estimate of drug-likeness (QED) is 0.379. The number of carbonyl (C=O) groups excluding carboxylic acids is 2. The van der Waals surface area contributed by atoms with Crippen LogP contribution in [0.3, 0.4) is 0 Å². The van der Waals surface area contributed by atoms with Crippen LogP contribution in [0.5, 0.6) is 0 Å². The van der Waals surface area contributed by atoms with E-state index in [4.69, 9.17) is 15.4 Å². The van der Waals surface area contributed by atoms with Gasteiger partial charge in [0, 0.05) is 13.0 Å². The summed E-state index contributed by atoms with van der Waals surface area (Å²) in [6, 6.07) is -1.16. The van der Waals surface area contributed by atoms with E-state index in [1.165, 1.54) is 0 Å². The molecule has 1 aliphatic rings. The molecule has 8 heteroatoms. The number of hydrogen-bond donors (Lipinski definition) is 2. The molecule has 1 fully saturated rings. The van der Waals surface area contributed by atoms with Gasteiger partial charge < -0.3 is 20.7 Å². The van der Waals surface area contributed by atoms with Crippen molar-refractivity contribution >= 4 is 23.9 Å². The topological polar surface area (TPSA) is 129 Å². The van der Waals surface area contributed by atoms with Gasteiger partial charge in [-0.15, -0.1) is 0 Å². The molecule has 1 saturated heterocycles. The third-order valence-corrected chi connectivity index (χ3v) is 2.97. The van der Waals surface area contributed by atoms with Crippen LogP contribution in [0.1, 0.15) is 32.1 Å². The number of nitrogens with zero attached hydrogens (tertiary/aromatic N) is 2. The van der Waals surface area contributed by atoms with Crippen LogP contribution in [0.2, 0.25) is 0 Å². The molecule has 0 saturated carbocycles. The van der Waals surface area contributed by atoms with Gasteiger partial charge in [0.2, 0.25) is 11.7 Å². The first kappa shape index (κ1) is 16.0. The lowest BCUT2D eigenvalue weighted by atomic mass is 10.1. The summed E-state index contributed by atoms with van der Waals surface area (Å²) in [5.41, 5.74) is 8.17. The Morgan fingerprint density at radius 3 is 2.75 bits per heavy atom. The number of nitrogens with one attached hydrogen (secondary N) is 1. The van der Waals surface area contributed by atoms with Gasteiger partial charge in [-0.05, 0) is 25.7 Å². The molecule has 1 heterocycles. The van der Waals surface area contributed by atoms with Crippen molar-refractivity contribution in [1.82, 2.24) is 5.32 Å². The number of ketones is 1. The number of rotatable bonds is 7. The highest BCUT2D eigenvalue weighted by molar-refractivity contribution is 6.25. The van der Waals surface area contributed by atoms with Crippen LogP contribution in [0.25, 0.3) is 5.53 Å². The Balaban J connectivity index is 2.49. The number of amides is 1. The number of aliphatic carboxylic acids is 1. The van der Waals surface area contributed by atoms with Crippen molar-refractivity contribution in [3.05, 3.63) is 5.53 Å². The Bertz CT molecular complexity index is 425. The Kier molecular flexibility index (Phi) is 6.55. The lowest BCUT2D eigenvalue weighted by Gasteiger charge is -2.23. The summed E-state index contributed by atoms with van der Waals surface area (Å²) in [7, 11) is 0. The predicted molar refractivity (Wildman–Crippen MR) is 67.1 cm³/mol. The molecule has 0 aliphatic carbocycles. The number of ether oxygens (including phenoxy) is 1. The van der Waals surface area contributed by atoms with Gasteiger partial charge in [0.1, 0.15) is 12.1 Å². The first-order chi connectivity index (χ1) is 9.54. The zero-order valence-electron chi connectivity index (χ0n) is 10.9. The minimum absolute atomic E-state index is 0.0708. The normalized spacial score (nSPS) is 19.5. The largest absolute Gasteiger partial charge is 0.480 e. The Morgan fingerprint density at radius 1 is 1.45 bits per heavy atom. The Hall–Kier alpha value is -2.05. The SMILES string of the molecule is [N-]=[N+]=CC(=O)CC[C@H](NC(=O)[C@H]1CCCCO1)C(=O)O. The number of carbonyl (C=O) groups is 3. The summed E-state index contributed by atoms with van der Waals surface area (Å²) in [6.45, 7) is 0.487. The van der Waals surface area contributed by atoms with E-state index < -0.39 is 29.8 Å². The highest BCUT2D eigenvalue weighted by Gasteiger charge is 2.27. The lowest BCUT2D eigenvalue weighted by Crippen LogP contribution is -2.47. The fourth-order valence-electron chi connectivity index (χ4n) is 1.89. The monoisotopic (exact) mass is 283 g/mol. The molecule has 0 spiro atoms. The van der Waals surface area contributed by atoms with Crippen LogP contribution in [0, 0.1) is 0 Å². The number of Topliss-reactive ketones (excluding diaryl/α,β-unsaturated/α-hetero) is 1.